The van der Waals surface area contributed by atoms with E-state index >= 15 is 0 Å². The zero-order valence-electron chi connectivity index (χ0n) is 33.5. The van der Waals surface area contributed by atoms with Gasteiger partial charge in [-0.15, -0.1) is 0 Å². The highest BCUT2D eigenvalue weighted by Gasteiger charge is 2.44. The number of methoxy groups -OCH3 is 2. The summed E-state index contributed by atoms with van der Waals surface area (Å²) in [5.41, 5.74) is -0.489. The molecule has 3 aromatic carbocycles. The van der Waals surface area contributed by atoms with E-state index in [1.807, 2.05) is 31.2 Å². The number of non-ortho nitro benzene ring substituents is 1. The summed E-state index contributed by atoms with van der Waals surface area (Å²) < 4.78 is 12.1. The Morgan fingerprint density at radius 1 is 0.692 bits per heavy atom. The molecule has 1 atom stereocenters. The van der Waals surface area contributed by atoms with E-state index in [0.717, 1.165) is 39.8 Å². The monoisotopic (exact) mass is 719 g/mol. The molecule has 0 radical (unpaired) electrons. The van der Waals surface area contributed by atoms with Crippen molar-refractivity contribution < 1.29 is 29.5 Å². The number of ether oxygens (including phenoxy) is 2. The SMILES string of the molecule is CCC(N=Cc1cc([N+](=O)[O-])cc([N+](=O)[O-])c1O)C(O)(c1cc(C(C)(C)C)c(OC)c(C(C)(C)C)c1)c1cc(C(C)(C)C)c(OC)c(C(C)(C)C)c1. The molecule has 0 saturated heterocycles. The molecular weight excluding hydrogens is 662 g/mol. The van der Waals surface area contributed by atoms with Crippen molar-refractivity contribution in [3.63, 3.8) is 0 Å². The zero-order valence-corrected chi connectivity index (χ0v) is 33.5. The molecule has 0 amide bonds. The minimum absolute atomic E-state index is 0.220. The number of nitro benzene ring substituents is 2. The second-order valence-electron chi connectivity index (χ2n) is 17.6. The lowest BCUT2D eigenvalue weighted by molar-refractivity contribution is -0.394. The Morgan fingerprint density at radius 3 is 1.33 bits per heavy atom. The van der Waals surface area contributed by atoms with Gasteiger partial charge in [0, 0.05) is 40.1 Å². The first-order valence-electron chi connectivity index (χ1n) is 17.5. The second-order valence-corrected chi connectivity index (χ2v) is 17.6. The number of nitrogens with zero attached hydrogens (tertiary/aromatic N) is 3. The first-order valence-corrected chi connectivity index (χ1v) is 17.5. The predicted octanol–water partition coefficient (Wildman–Crippen LogP) is 9.55. The average molecular weight is 720 g/mol. The maximum Gasteiger partial charge on any atom is 0.318 e. The van der Waals surface area contributed by atoms with Crippen molar-refractivity contribution in [2.45, 2.75) is 130 Å². The summed E-state index contributed by atoms with van der Waals surface area (Å²) in [6, 6.07) is 8.62. The molecule has 11 heteroatoms. The molecule has 284 valence electrons. The van der Waals surface area contributed by atoms with Crippen molar-refractivity contribution >= 4 is 17.6 Å². The number of aliphatic hydroxyl groups is 1. The first kappa shape index (κ1) is 41.9. The molecule has 1 unspecified atom stereocenters. The molecule has 0 aliphatic rings. The van der Waals surface area contributed by atoms with Gasteiger partial charge in [0.15, 0.2) is 0 Å². The highest BCUT2D eigenvalue weighted by Crippen LogP contribution is 2.49. The smallest absolute Gasteiger partial charge is 0.318 e. The van der Waals surface area contributed by atoms with E-state index in [1.54, 1.807) is 14.2 Å². The lowest BCUT2D eigenvalue weighted by Gasteiger charge is -2.40. The molecule has 3 aromatic rings. The molecule has 0 spiro atoms. The standard InChI is InChI=1S/C41H57N3O8/c1-16-33(42-23-24-17-27(43(47)48)22-32(34(24)45)44(49)50)41(46,25-18-28(37(2,3)4)35(51-14)29(19-25)38(5,6)7)26-20-30(39(8,9)10)36(52-15)31(21-26)40(11,12)13/h17-23,33,45-46H,16H2,1-15H3. The van der Waals surface area contributed by atoms with E-state index in [1.165, 1.54) is 6.21 Å². The summed E-state index contributed by atoms with van der Waals surface area (Å²) in [4.78, 5) is 26.6. The van der Waals surface area contributed by atoms with Crippen molar-refractivity contribution in [1.29, 1.82) is 0 Å². The summed E-state index contributed by atoms with van der Waals surface area (Å²) in [7, 11) is 3.29. The summed E-state index contributed by atoms with van der Waals surface area (Å²) >= 11 is 0. The number of rotatable bonds is 10. The van der Waals surface area contributed by atoms with Crippen LogP contribution in [0.1, 0.15) is 135 Å². The molecule has 0 aliphatic heterocycles. The van der Waals surface area contributed by atoms with Gasteiger partial charge in [-0.3, -0.25) is 25.2 Å². The van der Waals surface area contributed by atoms with Gasteiger partial charge in [0.25, 0.3) is 5.69 Å². The number of phenolic OH excluding ortho intramolecular Hbond substituents is 1. The normalized spacial score (nSPS) is 13.7. The highest BCUT2D eigenvalue weighted by molar-refractivity contribution is 5.87. The van der Waals surface area contributed by atoms with Crippen LogP contribution in [-0.4, -0.2) is 46.5 Å². The number of hydrogen-bond acceptors (Lipinski definition) is 9. The lowest BCUT2D eigenvalue weighted by atomic mass is 9.70. The Balaban J connectivity index is 2.64. The van der Waals surface area contributed by atoms with Gasteiger partial charge >= 0.3 is 5.69 Å². The molecule has 0 saturated carbocycles. The summed E-state index contributed by atoms with van der Waals surface area (Å²) in [5, 5.41) is 48.0. The lowest BCUT2D eigenvalue weighted by Crippen LogP contribution is -2.41. The van der Waals surface area contributed by atoms with Crippen LogP contribution in [0.2, 0.25) is 0 Å². The van der Waals surface area contributed by atoms with Crippen LogP contribution >= 0.6 is 0 Å². The number of hydrogen-bond donors (Lipinski definition) is 2. The molecule has 0 fully saturated rings. The summed E-state index contributed by atoms with van der Waals surface area (Å²) in [5.74, 6) is 0.677. The van der Waals surface area contributed by atoms with Gasteiger partial charge in [-0.1, -0.05) is 90.0 Å². The van der Waals surface area contributed by atoms with Crippen molar-refractivity contribution in [3.8, 4) is 17.2 Å². The average Bonchev–Trinajstić information content (AvgIpc) is 3.02. The van der Waals surface area contributed by atoms with Crippen molar-refractivity contribution in [1.82, 2.24) is 0 Å². The maximum absolute atomic E-state index is 13.7. The zero-order chi connectivity index (χ0) is 39.9. The molecule has 0 aromatic heterocycles. The van der Waals surface area contributed by atoms with Crippen molar-refractivity contribution in [3.05, 3.63) is 95.6 Å². The third-order valence-corrected chi connectivity index (χ3v) is 9.47. The van der Waals surface area contributed by atoms with Crippen LogP contribution in [-0.2, 0) is 27.3 Å². The van der Waals surface area contributed by atoms with Crippen molar-refractivity contribution in [2.24, 2.45) is 4.99 Å². The molecule has 52 heavy (non-hydrogen) atoms. The molecular formula is C41H57N3O8. The Bertz CT molecular complexity index is 1720. The Kier molecular flexibility index (Phi) is 11.7. The predicted molar refractivity (Wildman–Crippen MR) is 207 cm³/mol. The van der Waals surface area contributed by atoms with Gasteiger partial charge in [0.1, 0.15) is 17.1 Å². The van der Waals surface area contributed by atoms with Crippen LogP contribution in [0.5, 0.6) is 17.2 Å². The van der Waals surface area contributed by atoms with Gasteiger partial charge in [0.05, 0.1) is 36.2 Å². The minimum atomic E-state index is -1.84. The van der Waals surface area contributed by atoms with Crippen LogP contribution in [0.25, 0.3) is 0 Å². The van der Waals surface area contributed by atoms with Crippen LogP contribution in [0, 0.1) is 20.2 Å². The number of aromatic hydroxyl groups is 1. The topological polar surface area (TPSA) is 158 Å². The van der Waals surface area contributed by atoms with Crippen LogP contribution in [0.3, 0.4) is 0 Å². The van der Waals surface area contributed by atoms with Gasteiger partial charge < -0.3 is 19.7 Å². The Hall–Kier alpha value is -4.51. The number of benzene rings is 3. The molecule has 0 heterocycles. The second kappa shape index (κ2) is 14.5. The van der Waals surface area contributed by atoms with E-state index in [9.17, 15) is 30.4 Å². The summed E-state index contributed by atoms with van der Waals surface area (Å²) in [6.45, 7) is 26.8. The largest absolute Gasteiger partial charge is 0.502 e. The fourth-order valence-corrected chi connectivity index (χ4v) is 6.57. The number of phenols is 1. The minimum Gasteiger partial charge on any atom is -0.502 e. The van der Waals surface area contributed by atoms with Gasteiger partial charge in [0.2, 0.25) is 5.75 Å². The van der Waals surface area contributed by atoms with Gasteiger partial charge in [-0.05, 0) is 63.5 Å². The fraction of sp³-hybridized carbons (Fsp3) is 0.537. The van der Waals surface area contributed by atoms with E-state index in [4.69, 9.17) is 14.5 Å². The third kappa shape index (κ3) is 8.25. The molecule has 0 aliphatic carbocycles. The molecule has 0 bridgehead atoms. The van der Waals surface area contributed by atoms with E-state index in [2.05, 4.69) is 83.1 Å². The fourth-order valence-electron chi connectivity index (χ4n) is 6.57. The van der Waals surface area contributed by atoms with E-state index < -0.39 is 60.3 Å². The van der Waals surface area contributed by atoms with E-state index in [0.29, 0.717) is 17.2 Å². The third-order valence-electron chi connectivity index (χ3n) is 9.47. The van der Waals surface area contributed by atoms with Crippen LogP contribution in [0.4, 0.5) is 11.4 Å². The number of aliphatic imine (C=N–C) groups is 1. The molecule has 3 rings (SSSR count). The van der Waals surface area contributed by atoms with Gasteiger partial charge in [-0.2, -0.15) is 0 Å². The van der Waals surface area contributed by atoms with Crippen molar-refractivity contribution in [2.75, 3.05) is 14.2 Å². The molecule has 2 N–H and O–H groups in total. The van der Waals surface area contributed by atoms with Gasteiger partial charge in [-0.25, -0.2) is 0 Å². The number of nitro groups is 2. The van der Waals surface area contributed by atoms with E-state index in [-0.39, 0.29) is 12.0 Å². The summed E-state index contributed by atoms with van der Waals surface area (Å²) in [6.07, 6.45) is 1.44. The first-order chi connectivity index (χ1) is 23.6. The Labute approximate surface area is 308 Å². The quantitative estimate of drug-likeness (QED) is 0.119. The van der Waals surface area contributed by atoms with Crippen LogP contribution in [0.15, 0.2) is 41.4 Å². The highest BCUT2D eigenvalue weighted by atomic mass is 16.6. The maximum atomic E-state index is 13.7. The Morgan fingerprint density at radius 2 is 1.06 bits per heavy atom. The molecule has 11 nitrogen and oxygen atoms in total. The van der Waals surface area contributed by atoms with Crippen LogP contribution < -0.4 is 9.47 Å².